The second-order valence-electron chi connectivity index (χ2n) is 6.95. The first kappa shape index (κ1) is 20.9. The van der Waals surface area contributed by atoms with Crippen LogP contribution in [-0.2, 0) is 4.74 Å². The van der Waals surface area contributed by atoms with Gasteiger partial charge < -0.3 is 19.7 Å². The molecule has 0 radical (unpaired) electrons. The smallest absolute Gasteiger partial charge is 0.259 e. The number of amides is 2. The zero-order valence-electron chi connectivity index (χ0n) is 17.0. The van der Waals surface area contributed by atoms with Gasteiger partial charge in [0.2, 0.25) is 0 Å². The standard InChI is InChI=1S/C23H28N2O4/c1-3-25(4-2)23(27)17-9-7-10-18(15-17)24-22(26)20-12-5-6-13-21(20)29-16-19-11-8-14-28-19/h5-7,9-10,12-13,15,19H,3-4,8,11,14,16H2,1-2H3,(H,24,26). The minimum atomic E-state index is -0.277. The van der Waals surface area contributed by atoms with E-state index in [0.717, 1.165) is 19.4 Å². The zero-order valence-corrected chi connectivity index (χ0v) is 17.0. The number of carbonyl (C=O) groups excluding carboxylic acids is 2. The Balaban J connectivity index is 1.70. The molecule has 0 saturated carbocycles. The van der Waals surface area contributed by atoms with E-state index < -0.39 is 0 Å². The summed E-state index contributed by atoms with van der Waals surface area (Å²) in [6.45, 7) is 6.36. The minimum absolute atomic E-state index is 0.0496. The molecule has 1 aliphatic heterocycles. The molecule has 2 aromatic carbocycles. The average Bonchev–Trinajstić information content (AvgIpc) is 3.27. The van der Waals surface area contributed by atoms with E-state index in [1.165, 1.54) is 0 Å². The average molecular weight is 396 g/mol. The van der Waals surface area contributed by atoms with Gasteiger partial charge in [-0.1, -0.05) is 18.2 Å². The molecule has 2 aromatic rings. The van der Waals surface area contributed by atoms with Gasteiger partial charge in [-0.05, 0) is 57.0 Å². The number of anilines is 1. The number of nitrogens with one attached hydrogen (secondary N) is 1. The molecule has 1 fully saturated rings. The van der Waals surface area contributed by atoms with Gasteiger partial charge >= 0.3 is 0 Å². The van der Waals surface area contributed by atoms with E-state index in [2.05, 4.69) is 5.32 Å². The van der Waals surface area contributed by atoms with Crippen molar-refractivity contribution in [3.63, 3.8) is 0 Å². The third kappa shape index (κ3) is 5.35. The highest BCUT2D eigenvalue weighted by molar-refractivity contribution is 6.06. The molecular formula is C23H28N2O4. The summed E-state index contributed by atoms with van der Waals surface area (Å²) in [4.78, 5) is 27.1. The molecule has 1 N–H and O–H groups in total. The molecule has 1 atom stereocenters. The number of hydrogen-bond acceptors (Lipinski definition) is 4. The maximum atomic E-state index is 12.8. The molecule has 6 nitrogen and oxygen atoms in total. The quantitative estimate of drug-likeness (QED) is 0.733. The summed E-state index contributed by atoms with van der Waals surface area (Å²) >= 11 is 0. The first-order chi connectivity index (χ1) is 14.1. The Morgan fingerprint density at radius 2 is 1.93 bits per heavy atom. The SMILES string of the molecule is CCN(CC)C(=O)c1cccc(NC(=O)c2ccccc2OCC2CCCO2)c1. The maximum absolute atomic E-state index is 12.8. The fourth-order valence-electron chi connectivity index (χ4n) is 3.36. The van der Waals surface area contributed by atoms with Gasteiger partial charge in [-0.25, -0.2) is 0 Å². The first-order valence-electron chi connectivity index (χ1n) is 10.2. The lowest BCUT2D eigenvalue weighted by atomic mass is 10.1. The Morgan fingerprint density at radius 1 is 1.14 bits per heavy atom. The second kappa shape index (κ2) is 10.1. The molecule has 29 heavy (non-hydrogen) atoms. The van der Waals surface area contributed by atoms with E-state index in [1.54, 1.807) is 47.4 Å². The van der Waals surface area contributed by atoms with Gasteiger partial charge in [0.05, 0.1) is 11.7 Å². The maximum Gasteiger partial charge on any atom is 0.259 e. The van der Waals surface area contributed by atoms with Crippen LogP contribution in [0.4, 0.5) is 5.69 Å². The van der Waals surface area contributed by atoms with E-state index in [9.17, 15) is 9.59 Å². The third-order valence-corrected chi connectivity index (χ3v) is 5.00. The van der Waals surface area contributed by atoms with E-state index in [4.69, 9.17) is 9.47 Å². The Hall–Kier alpha value is -2.86. The fraction of sp³-hybridized carbons (Fsp3) is 0.391. The molecule has 154 valence electrons. The highest BCUT2D eigenvalue weighted by atomic mass is 16.5. The summed E-state index contributed by atoms with van der Waals surface area (Å²) in [5.41, 5.74) is 1.57. The van der Waals surface area contributed by atoms with Gasteiger partial charge in [-0.3, -0.25) is 9.59 Å². The summed E-state index contributed by atoms with van der Waals surface area (Å²) in [6.07, 6.45) is 2.09. The van der Waals surface area contributed by atoms with Crippen molar-refractivity contribution in [3.8, 4) is 5.75 Å². The van der Waals surface area contributed by atoms with Gasteiger partial charge in [0, 0.05) is 30.9 Å². The zero-order chi connectivity index (χ0) is 20.6. The Kier molecular flexibility index (Phi) is 7.25. The van der Waals surface area contributed by atoms with Crippen LogP contribution in [0.15, 0.2) is 48.5 Å². The summed E-state index contributed by atoms with van der Waals surface area (Å²) < 4.78 is 11.4. The van der Waals surface area contributed by atoms with Crippen LogP contribution in [-0.4, -0.2) is 49.1 Å². The van der Waals surface area contributed by atoms with E-state index in [0.29, 0.717) is 42.3 Å². The van der Waals surface area contributed by atoms with Crippen molar-refractivity contribution < 1.29 is 19.1 Å². The normalized spacial score (nSPS) is 15.7. The third-order valence-electron chi connectivity index (χ3n) is 5.00. The molecule has 3 rings (SSSR count). The molecule has 0 aliphatic carbocycles. The lowest BCUT2D eigenvalue weighted by Crippen LogP contribution is -2.30. The van der Waals surface area contributed by atoms with Gasteiger partial charge in [-0.15, -0.1) is 0 Å². The molecule has 2 amide bonds. The van der Waals surface area contributed by atoms with Crippen LogP contribution in [0, 0.1) is 0 Å². The van der Waals surface area contributed by atoms with Gasteiger partial charge in [0.25, 0.3) is 11.8 Å². The van der Waals surface area contributed by atoms with E-state index >= 15 is 0 Å². The van der Waals surface area contributed by atoms with Crippen molar-refractivity contribution in [2.24, 2.45) is 0 Å². The Labute approximate surface area is 171 Å². The lowest BCUT2D eigenvalue weighted by Gasteiger charge is -2.19. The molecule has 1 saturated heterocycles. The number of carbonyl (C=O) groups is 2. The van der Waals surface area contributed by atoms with Crippen molar-refractivity contribution in [2.75, 3.05) is 31.6 Å². The van der Waals surface area contributed by atoms with Crippen LogP contribution in [0.1, 0.15) is 47.4 Å². The summed E-state index contributed by atoms with van der Waals surface area (Å²) in [5, 5.41) is 2.88. The molecule has 6 heteroatoms. The fourth-order valence-corrected chi connectivity index (χ4v) is 3.36. The van der Waals surface area contributed by atoms with Crippen LogP contribution in [0.5, 0.6) is 5.75 Å². The number of benzene rings is 2. The van der Waals surface area contributed by atoms with Crippen LogP contribution in [0.3, 0.4) is 0 Å². The van der Waals surface area contributed by atoms with Crippen molar-refractivity contribution >= 4 is 17.5 Å². The molecule has 1 heterocycles. The van der Waals surface area contributed by atoms with Gasteiger partial charge in [0.15, 0.2) is 0 Å². The largest absolute Gasteiger partial charge is 0.490 e. The topological polar surface area (TPSA) is 67.9 Å². The summed E-state index contributed by atoms with van der Waals surface area (Å²) in [7, 11) is 0. The number of para-hydroxylation sites is 1. The summed E-state index contributed by atoms with van der Waals surface area (Å²) in [6, 6.07) is 14.1. The molecular weight excluding hydrogens is 368 g/mol. The molecule has 1 aliphatic rings. The summed E-state index contributed by atoms with van der Waals surface area (Å²) in [5.74, 6) is 0.197. The van der Waals surface area contributed by atoms with Crippen molar-refractivity contribution in [1.29, 1.82) is 0 Å². The Morgan fingerprint density at radius 3 is 2.66 bits per heavy atom. The van der Waals surface area contributed by atoms with Crippen LogP contribution >= 0.6 is 0 Å². The van der Waals surface area contributed by atoms with Gasteiger partial charge in [-0.2, -0.15) is 0 Å². The number of rotatable bonds is 8. The predicted molar refractivity (Wildman–Crippen MR) is 113 cm³/mol. The highest BCUT2D eigenvalue weighted by Crippen LogP contribution is 2.22. The van der Waals surface area contributed by atoms with Crippen LogP contribution in [0.25, 0.3) is 0 Å². The van der Waals surface area contributed by atoms with Crippen molar-refractivity contribution in [1.82, 2.24) is 4.90 Å². The molecule has 0 spiro atoms. The monoisotopic (exact) mass is 396 g/mol. The molecule has 1 unspecified atom stereocenters. The second-order valence-corrected chi connectivity index (χ2v) is 6.95. The van der Waals surface area contributed by atoms with Gasteiger partial charge in [0.1, 0.15) is 12.4 Å². The lowest BCUT2D eigenvalue weighted by molar-refractivity contribution is 0.0673. The van der Waals surface area contributed by atoms with E-state index in [1.807, 2.05) is 19.9 Å². The van der Waals surface area contributed by atoms with Crippen molar-refractivity contribution in [2.45, 2.75) is 32.8 Å². The number of hydrogen-bond donors (Lipinski definition) is 1. The number of ether oxygens (including phenoxy) is 2. The molecule has 0 bridgehead atoms. The van der Waals surface area contributed by atoms with Crippen LogP contribution in [0.2, 0.25) is 0 Å². The van der Waals surface area contributed by atoms with Crippen LogP contribution < -0.4 is 10.1 Å². The minimum Gasteiger partial charge on any atom is -0.490 e. The molecule has 0 aromatic heterocycles. The number of nitrogens with zero attached hydrogens (tertiary/aromatic N) is 1. The van der Waals surface area contributed by atoms with Crippen molar-refractivity contribution in [3.05, 3.63) is 59.7 Å². The highest BCUT2D eigenvalue weighted by Gasteiger charge is 2.19. The first-order valence-corrected chi connectivity index (χ1v) is 10.2. The van der Waals surface area contributed by atoms with E-state index in [-0.39, 0.29) is 17.9 Å². The Bertz CT molecular complexity index is 842. The predicted octanol–water partition coefficient (Wildman–Crippen LogP) is 3.98.